The number of aliphatic hydroxyl groups excluding tert-OH is 2. The van der Waals surface area contributed by atoms with E-state index in [1.165, 1.54) is 25.4 Å². The zero-order valence-corrected chi connectivity index (χ0v) is 33.9. The fourth-order valence-corrected chi connectivity index (χ4v) is 8.26. The Kier molecular flexibility index (Phi) is 16.4. The third-order valence-electron chi connectivity index (χ3n) is 10.3. The average Bonchev–Trinajstić information content (AvgIpc) is 3.98. The van der Waals surface area contributed by atoms with Crippen LogP contribution in [-0.4, -0.2) is 90.4 Å². The van der Waals surface area contributed by atoms with Crippen LogP contribution in [0.15, 0.2) is 80.3 Å². The Morgan fingerprint density at radius 1 is 0.800 bits per heavy atom. The number of nitrogens with two attached hydrogens (primary N) is 1. The molecular formula is C41H51Cl4N5O5. The van der Waals surface area contributed by atoms with Crippen LogP contribution in [0.5, 0.6) is 11.5 Å². The van der Waals surface area contributed by atoms with Crippen LogP contribution < -0.4 is 25.4 Å². The molecule has 0 aromatic heterocycles. The van der Waals surface area contributed by atoms with Gasteiger partial charge in [0.1, 0.15) is 11.9 Å². The number of rotatable bonds is 15. The third-order valence-corrected chi connectivity index (χ3v) is 11.4. The van der Waals surface area contributed by atoms with Crippen molar-refractivity contribution >= 4 is 58.0 Å². The summed E-state index contributed by atoms with van der Waals surface area (Å²) in [6.07, 6.45) is 6.23. The van der Waals surface area contributed by atoms with E-state index in [0.29, 0.717) is 46.6 Å². The molecule has 5 atom stereocenters. The van der Waals surface area contributed by atoms with Crippen LogP contribution in [0.4, 0.5) is 5.69 Å². The molecule has 3 fully saturated rings. The quantitative estimate of drug-likeness (QED) is 0.115. The molecule has 0 spiro atoms. The van der Waals surface area contributed by atoms with Gasteiger partial charge in [-0.15, -0.1) is 0 Å². The van der Waals surface area contributed by atoms with Gasteiger partial charge in [-0.25, -0.2) is 0 Å². The molecule has 0 unspecified atom stereocenters. The number of nitrogens with one attached hydrogen (secondary N) is 1. The van der Waals surface area contributed by atoms with Crippen LogP contribution >= 0.6 is 46.4 Å². The van der Waals surface area contributed by atoms with E-state index in [2.05, 4.69) is 33.2 Å². The largest absolute Gasteiger partial charge is 0.464 e. The highest BCUT2D eigenvalue weighted by molar-refractivity contribution is 6.37. The second-order valence-electron chi connectivity index (χ2n) is 14.2. The van der Waals surface area contributed by atoms with Crippen molar-refractivity contribution in [1.82, 2.24) is 15.1 Å². The third kappa shape index (κ3) is 12.0. The summed E-state index contributed by atoms with van der Waals surface area (Å²) in [6, 6.07) is 15.2. The van der Waals surface area contributed by atoms with Gasteiger partial charge in [-0.05, 0) is 118 Å². The Balaban J connectivity index is 0.000000246. The lowest BCUT2D eigenvalue weighted by molar-refractivity contribution is -0.126. The number of benzene rings is 3. The summed E-state index contributed by atoms with van der Waals surface area (Å²) >= 11 is 24.8. The monoisotopic (exact) mass is 833 g/mol. The van der Waals surface area contributed by atoms with Gasteiger partial charge >= 0.3 is 0 Å². The maximum Gasteiger partial charge on any atom is 0.225 e. The van der Waals surface area contributed by atoms with Crippen LogP contribution in [0, 0.1) is 5.92 Å². The molecule has 0 radical (unpaired) electrons. The highest BCUT2D eigenvalue weighted by atomic mass is 35.5. The molecule has 0 saturated carbocycles. The summed E-state index contributed by atoms with van der Waals surface area (Å²) in [5.41, 5.74) is 8.37. The minimum absolute atomic E-state index is 0.0616. The molecule has 55 heavy (non-hydrogen) atoms. The summed E-state index contributed by atoms with van der Waals surface area (Å²) in [5, 5.41) is 26.4. The molecule has 14 heteroatoms. The molecule has 0 bridgehead atoms. The molecule has 3 aliphatic rings. The lowest BCUT2D eigenvalue weighted by Gasteiger charge is -2.30. The second kappa shape index (κ2) is 20.9. The predicted molar refractivity (Wildman–Crippen MR) is 223 cm³/mol. The zero-order valence-electron chi connectivity index (χ0n) is 30.9. The predicted octanol–water partition coefficient (Wildman–Crippen LogP) is 7.63. The Morgan fingerprint density at radius 3 is 1.96 bits per heavy atom. The van der Waals surface area contributed by atoms with Crippen LogP contribution in [0.2, 0.25) is 20.1 Å². The van der Waals surface area contributed by atoms with Crippen LogP contribution in [0.25, 0.3) is 0 Å². The second-order valence-corrected chi connectivity index (χ2v) is 15.8. The number of hydrogen-bond acceptors (Lipinski definition) is 9. The molecule has 1 amide bonds. The molecule has 10 nitrogen and oxygen atoms in total. The van der Waals surface area contributed by atoms with Gasteiger partial charge in [-0.2, -0.15) is 0 Å². The van der Waals surface area contributed by atoms with Crippen molar-refractivity contribution in [3.8, 4) is 11.5 Å². The fraction of sp³-hybridized carbons (Fsp3) is 0.439. The van der Waals surface area contributed by atoms with Crippen molar-refractivity contribution in [1.29, 1.82) is 0 Å². The summed E-state index contributed by atoms with van der Waals surface area (Å²) in [4.78, 5) is 20.0. The normalized spacial score (nSPS) is 19.5. The van der Waals surface area contributed by atoms with Gasteiger partial charge in [0.05, 0.1) is 45.7 Å². The Bertz CT molecular complexity index is 1720. The smallest absolute Gasteiger partial charge is 0.225 e. The number of halogens is 4. The lowest BCUT2D eigenvalue weighted by atomic mass is 9.99. The van der Waals surface area contributed by atoms with Gasteiger partial charge in [0, 0.05) is 42.9 Å². The van der Waals surface area contributed by atoms with E-state index in [1.54, 1.807) is 30.3 Å². The van der Waals surface area contributed by atoms with Crippen molar-refractivity contribution in [2.45, 2.75) is 56.4 Å². The molecular weight excluding hydrogens is 784 g/mol. The van der Waals surface area contributed by atoms with E-state index >= 15 is 0 Å². The first-order valence-corrected chi connectivity index (χ1v) is 20.2. The van der Waals surface area contributed by atoms with E-state index in [-0.39, 0.29) is 33.7 Å². The van der Waals surface area contributed by atoms with Crippen molar-refractivity contribution in [3.63, 3.8) is 0 Å². The number of nitrogens with zero attached hydrogens (tertiary/aromatic N) is 3. The number of carbonyl (C=O) groups excluding carboxylic acids is 1. The molecule has 3 aliphatic heterocycles. The molecule has 3 heterocycles. The van der Waals surface area contributed by atoms with E-state index in [4.69, 9.17) is 61.6 Å². The zero-order chi connectivity index (χ0) is 39.5. The number of likely N-dealkylation sites (tertiary alicyclic amines) is 2. The minimum atomic E-state index is -0.985. The minimum Gasteiger partial charge on any atom is -0.464 e. The van der Waals surface area contributed by atoms with Crippen LogP contribution in [0.1, 0.15) is 55.4 Å². The Labute approximate surface area is 344 Å². The first kappa shape index (κ1) is 43.1. The van der Waals surface area contributed by atoms with E-state index in [0.717, 1.165) is 57.7 Å². The number of hydrogen-bond donors (Lipinski definition) is 4. The SMILES string of the molecule is C=COc1c(Cl)cc([C@@H](O)[C@@H](CN2CCCC2)NC(=O)[C@@H]2CCN(c3ccc(Cl)cc3)C2)cc1Cl.C=COc1ccc([C@@H](O)[C@H](N)CN2CCCC2)cc1Cl. The molecule has 6 rings (SSSR count). The summed E-state index contributed by atoms with van der Waals surface area (Å²) in [5.74, 6) is 0.571. The fourth-order valence-electron chi connectivity index (χ4n) is 7.30. The molecule has 3 saturated heterocycles. The van der Waals surface area contributed by atoms with Crippen molar-refractivity contribution in [3.05, 3.63) is 111 Å². The van der Waals surface area contributed by atoms with Crippen LogP contribution in [-0.2, 0) is 4.79 Å². The van der Waals surface area contributed by atoms with Crippen molar-refractivity contribution in [2.75, 3.05) is 57.3 Å². The molecule has 5 N–H and O–H groups in total. The first-order chi connectivity index (χ1) is 26.5. The van der Waals surface area contributed by atoms with Gasteiger partial charge in [-0.3, -0.25) is 4.79 Å². The first-order valence-electron chi connectivity index (χ1n) is 18.7. The maximum atomic E-state index is 13.3. The summed E-state index contributed by atoms with van der Waals surface area (Å²) in [6.45, 7) is 13.7. The molecule has 0 aliphatic carbocycles. The highest BCUT2D eigenvalue weighted by Gasteiger charge is 2.33. The van der Waals surface area contributed by atoms with Gasteiger partial charge < -0.3 is 45.4 Å². The molecule has 298 valence electrons. The van der Waals surface area contributed by atoms with E-state index in [1.807, 2.05) is 24.3 Å². The lowest BCUT2D eigenvalue weighted by Crippen LogP contribution is -2.48. The number of carbonyl (C=O) groups is 1. The number of amides is 1. The average molecular weight is 836 g/mol. The van der Waals surface area contributed by atoms with Gasteiger partial charge in [0.25, 0.3) is 0 Å². The van der Waals surface area contributed by atoms with Crippen molar-refractivity contribution in [2.24, 2.45) is 11.7 Å². The summed E-state index contributed by atoms with van der Waals surface area (Å²) < 4.78 is 10.4. The van der Waals surface area contributed by atoms with Gasteiger partial charge in [0.15, 0.2) is 5.75 Å². The summed E-state index contributed by atoms with van der Waals surface area (Å²) in [7, 11) is 0. The van der Waals surface area contributed by atoms with Gasteiger partial charge in [0.2, 0.25) is 5.91 Å². The van der Waals surface area contributed by atoms with Crippen LogP contribution in [0.3, 0.4) is 0 Å². The number of aliphatic hydroxyl groups is 2. The topological polar surface area (TPSA) is 124 Å². The molecule has 3 aromatic rings. The molecule has 3 aromatic carbocycles. The number of ether oxygens (including phenoxy) is 2. The van der Waals surface area contributed by atoms with E-state index < -0.39 is 18.2 Å². The maximum absolute atomic E-state index is 13.3. The number of anilines is 1. The van der Waals surface area contributed by atoms with Crippen molar-refractivity contribution < 1.29 is 24.5 Å². The Morgan fingerprint density at radius 2 is 1.38 bits per heavy atom. The van der Waals surface area contributed by atoms with E-state index in [9.17, 15) is 15.0 Å². The Hall–Kier alpha value is -3.03. The standard InChI is InChI=1S/C26H30Cl3N3O3.C15H21ClN2O2/c1-2-35-25-21(28)13-18(14-22(25)29)24(33)23(16-31-10-3-4-11-31)30-26(34)17-9-12-32(15-17)20-7-5-19(27)6-8-20;1-2-20-14-6-5-11(9-12(14)16)15(19)13(17)10-18-7-3-4-8-18/h2,5-8,13-14,17,23-24,33H,1,3-4,9-12,15-16H2,(H,30,34);2,5-6,9,13,15,19H,1,3-4,7-8,10,17H2/t17-,23-,24-;13-,15-/m11/s1. The highest BCUT2D eigenvalue weighted by Crippen LogP contribution is 2.37. The van der Waals surface area contributed by atoms with Gasteiger partial charge in [-0.1, -0.05) is 65.6 Å².